The van der Waals surface area contributed by atoms with Crippen molar-refractivity contribution in [2.45, 2.75) is 60.0 Å². The molecule has 2 nitrogen and oxygen atoms in total. The summed E-state index contributed by atoms with van der Waals surface area (Å²) in [7, 11) is 0. The van der Waals surface area contributed by atoms with Crippen molar-refractivity contribution in [2.24, 2.45) is 17.3 Å². The second kappa shape index (κ2) is 6.75. The zero-order valence-electron chi connectivity index (χ0n) is 12.4. The van der Waals surface area contributed by atoms with E-state index in [2.05, 4.69) is 39.9 Å². The van der Waals surface area contributed by atoms with Gasteiger partial charge in [-0.15, -0.1) is 0 Å². The van der Waals surface area contributed by atoms with E-state index in [0.29, 0.717) is 17.4 Å². The van der Waals surface area contributed by atoms with Crippen LogP contribution in [0.3, 0.4) is 0 Å². The summed E-state index contributed by atoms with van der Waals surface area (Å²) in [6.45, 7) is 14.6. The minimum Gasteiger partial charge on any atom is -0.378 e. The molecular formula is C15H31NO. The van der Waals surface area contributed by atoms with Gasteiger partial charge in [-0.25, -0.2) is 0 Å². The molecule has 102 valence electrons. The van der Waals surface area contributed by atoms with Crippen LogP contribution in [0.5, 0.6) is 0 Å². The van der Waals surface area contributed by atoms with Crippen LogP contribution in [0.2, 0.25) is 0 Å². The molecule has 0 saturated heterocycles. The van der Waals surface area contributed by atoms with Gasteiger partial charge in [0.2, 0.25) is 0 Å². The van der Waals surface area contributed by atoms with Crippen molar-refractivity contribution in [3.05, 3.63) is 0 Å². The molecule has 0 bridgehead atoms. The van der Waals surface area contributed by atoms with Crippen LogP contribution < -0.4 is 5.32 Å². The molecule has 0 spiro atoms. The van der Waals surface area contributed by atoms with Crippen molar-refractivity contribution >= 4 is 0 Å². The first kappa shape index (κ1) is 15.0. The van der Waals surface area contributed by atoms with Crippen LogP contribution in [0, 0.1) is 17.3 Å². The van der Waals surface area contributed by atoms with Gasteiger partial charge in [-0.05, 0) is 49.6 Å². The third-order valence-electron chi connectivity index (χ3n) is 3.71. The Balaban J connectivity index is 2.26. The maximum Gasteiger partial charge on any atom is 0.0582 e. The number of nitrogens with one attached hydrogen (secondary N) is 1. The molecule has 0 heterocycles. The lowest BCUT2D eigenvalue weighted by atomic mass is 9.71. The van der Waals surface area contributed by atoms with Gasteiger partial charge in [0.1, 0.15) is 0 Å². The number of hydrogen-bond donors (Lipinski definition) is 1. The Morgan fingerprint density at radius 3 is 2.65 bits per heavy atom. The molecule has 17 heavy (non-hydrogen) atoms. The first-order valence-electron chi connectivity index (χ1n) is 7.25. The Kier molecular flexibility index (Phi) is 5.94. The van der Waals surface area contributed by atoms with Crippen LogP contribution in [-0.4, -0.2) is 25.8 Å². The molecule has 2 heteroatoms. The standard InChI is InChI=1S/C15H31NO/c1-6-16-10-13(3)11-17-14-7-12(2)8-15(4,5)9-14/h12-14,16H,6-11H2,1-5H3. The summed E-state index contributed by atoms with van der Waals surface area (Å²) in [5, 5.41) is 3.38. The molecule has 0 aromatic carbocycles. The molecule has 1 aliphatic carbocycles. The molecule has 3 unspecified atom stereocenters. The van der Waals surface area contributed by atoms with Crippen molar-refractivity contribution in [2.75, 3.05) is 19.7 Å². The molecule has 3 atom stereocenters. The SMILES string of the molecule is CCNCC(C)COC1CC(C)CC(C)(C)C1. The largest absolute Gasteiger partial charge is 0.378 e. The van der Waals surface area contributed by atoms with E-state index in [1.54, 1.807) is 0 Å². The van der Waals surface area contributed by atoms with Gasteiger partial charge in [0.15, 0.2) is 0 Å². The Morgan fingerprint density at radius 2 is 2.06 bits per heavy atom. The van der Waals surface area contributed by atoms with Gasteiger partial charge in [-0.3, -0.25) is 0 Å². The summed E-state index contributed by atoms with van der Waals surface area (Å²) in [5.74, 6) is 1.43. The van der Waals surface area contributed by atoms with Crippen molar-refractivity contribution in [3.63, 3.8) is 0 Å². The topological polar surface area (TPSA) is 21.3 Å². The first-order chi connectivity index (χ1) is 7.93. The fourth-order valence-electron chi connectivity index (χ4n) is 3.14. The fourth-order valence-corrected chi connectivity index (χ4v) is 3.14. The quantitative estimate of drug-likeness (QED) is 0.769. The van der Waals surface area contributed by atoms with Crippen LogP contribution in [0.15, 0.2) is 0 Å². The van der Waals surface area contributed by atoms with E-state index < -0.39 is 0 Å². The highest BCUT2D eigenvalue weighted by molar-refractivity contribution is 4.83. The smallest absolute Gasteiger partial charge is 0.0582 e. The molecule has 0 aromatic heterocycles. The summed E-state index contributed by atoms with van der Waals surface area (Å²) in [4.78, 5) is 0. The van der Waals surface area contributed by atoms with E-state index in [0.717, 1.165) is 25.6 Å². The highest BCUT2D eigenvalue weighted by Crippen LogP contribution is 2.39. The molecule has 1 aliphatic rings. The first-order valence-corrected chi connectivity index (χ1v) is 7.25. The lowest BCUT2D eigenvalue weighted by Crippen LogP contribution is -2.34. The number of rotatable bonds is 6. The second-order valence-corrected chi connectivity index (χ2v) is 6.78. The molecule has 0 radical (unpaired) electrons. The third-order valence-corrected chi connectivity index (χ3v) is 3.71. The highest BCUT2D eigenvalue weighted by atomic mass is 16.5. The Labute approximate surface area is 108 Å². The Morgan fingerprint density at radius 1 is 1.35 bits per heavy atom. The predicted octanol–water partition coefficient (Wildman–Crippen LogP) is 3.46. The average Bonchev–Trinajstić information content (AvgIpc) is 2.20. The van der Waals surface area contributed by atoms with Crippen molar-refractivity contribution in [1.82, 2.24) is 5.32 Å². The molecule has 0 aromatic rings. The van der Waals surface area contributed by atoms with Gasteiger partial charge in [0, 0.05) is 0 Å². The molecule has 1 N–H and O–H groups in total. The minimum absolute atomic E-state index is 0.466. The average molecular weight is 241 g/mol. The van der Waals surface area contributed by atoms with E-state index in [9.17, 15) is 0 Å². The monoisotopic (exact) mass is 241 g/mol. The maximum atomic E-state index is 6.11. The highest BCUT2D eigenvalue weighted by Gasteiger charge is 2.32. The van der Waals surface area contributed by atoms with Crippen molar-refractivity contribution in [1.29, 1.82) is 0 Å². The summed E-state index contributed by atoms with van der Waals surface area (Å²) < 4.78 is 6.11. The summed E-state index contributed by atoms with van der Waals surface area (Å²) in [6, 6.07) is 0. The molecule has 1 rings (SSSR count). The van der Waals surface area contributed by atoms with Crippen LogP contribution in [0.1, 0.15) is 53.9 Å². The van der Waals surface area contributed by atoms with Crippen LogP contribution in [0.4, 0.5) is 0 Å². The maximum absolute atomic E-state index is 6.11. The molecule has 0 amide bonds. The van der Waals surface area contributed by atoms with Gasteiger partial charge in [-0.1, -0.05) is 34.6 Å². The van der Waals surface area contributed by atoms with Crippen molar-refractivity contribution in [3.8, 4) is 0 Å². The minimum atomic E-state index is 0.466. The summed E-state index contributed by atoms with van der Waals surface area (Å²) in [6.07, 6.45) is 4.31. The Bertz CT molecular complexity index is 215. The third kappa shape index (κ3) is 5.87. The van der Waals surface area contributed by atoms with E-state index in [1.165, 1.54) is 19.3 Å². The molecule has 1 fully saturated rings. The van der Waals surface area contributed by atoms with Gasteiger partial charge in [0.05, 0.1) is 12.7 Å². The molecule has 0 aliphatic heterocycles. The number of ether oxygens (including phenoxy) is 1. The van der Waals surface area contributed by atoms with E-state index in [1.807, 2.05) is 0 Å². The molecule has 1 saturated carbocycles. The lowest BCUT2D eigenvalue weighted by molar-refractivity contribution is -0.0340. The lowest BCUT2D eigenvalue weighted by Gasteiger charge is -2.39. The van der Waals surface area contributed by atoms with Gasteiger partial charge in [-0.2, -0.15) is 0 Å². The van der Waals surface area contributed by atoms with Gasteiger partial charge in [0.25, 0.3) is 0 Å². The number of hydrogen-bond acceptors (Lipinski definition) is 2. The second-order valence-electron chi connectivity index (χ2n) is 6.78. The van der Waals surface area contributed by atoms with Gasteiger partial charge >= 0.3 is 0 Å². The fraction of sp³-hybridized carbons (Fsp3) is 1.00. The molecular weight excluding hydrogens is 210 g/mol. The normalized spacial score (nSPS) is 30.2. The summed E-state index contributed by atoms with van der Waals surface area (Å²) in [5.41, 5.74) is 0.466. The van der Waals surface area contributed by atoms with Crippen LogP contribution >= 0.6 is 0 Å². The van der Waals surface area contributed by atoms with Crippen LogP contribution in [0.25, 0.3) is 0 Å². The van der Waals surface area contributed by atoms with Crippen LogP contribution in [-0.2, 0) is 4.74 Å². The van der Waals surface area contributed by atoms with E-state index >= 15 is 0 Å². The Hall–Kier alpha value is -0.0800. The van der Waals surface area contributed by atoms with E-state index in [4.69, 9.17) is 4.74 Å². The predicted molar refractivity (Wildman–Crippen MR) is 74.2 cm³/mol. The van der Waals surface area contributed by atoms with Gasteiger partial charge < -0.3 is 10.1 Å². The zero-order chi connectivity index (χ0) is 12.9. The van der Waals surface area contributed by atoms with Crippen molar-refractivity contribution < 1.29 is 4.74 Å². The van der Waals surface area contributed by atoms with E-state index in [-0.39, 0.29) is 0 Å². The summed E-state index contributed by atoms with van der Waals surface area (Å²) >= 11 is 0. The zero-order valence-corrected chi connectivity index (χ0v) is 12.4.